The van der Waals surface area contributed by atoms with E-state index in [0.29, 0.717) is 12.1 Å². The van der Waals surface area contributed by atoms with Gasteiger partial charge in [-0.1, -0.05) is 32.1 Å². The highest BCUT2D eigenvalue weighted by Crippen LogP contribution is 2.43. The minimum absolute atomic E-state index is 0.171. The molecule has 2 amide bonds. The van der Waals surface area contributed by atoms with Crippen molar-refractivity contribution >= 4 is 6.03 Å². The fourth-order valence-corrected chi connectivity index (χ4v) is 4.73. The summed E-state index contributed by atoms with van der Waals surface area (Å²) in [5.41, 5.74) is 5.57. The van der Waals surface area contributed by atoms with Crippen LogP contribution < -0.4 is 5.73 Å². The lowest BCUT2D eigenvalue weighted by Crippen LogP contribution is -2.50. The molecule has 3 unspecified atom stereocenters. The van der Waals surface area contributed by atoms with Gasteiger partial charge in [0.05, 0.1) is 0 Å². The molecule has 2 heterocycles. The smallest absolute Gasteiger partial charge is 0.315 e. The maximum Gasteiger partial charge on any atom is 0.315 e. The van der Waals surface area contributed by atoms with Crippen molar-refractivity contribution in [2.75, 3.05) is 0 Å². The molecule has 0 aromatic carbocycles. The minimum Gasteiger partial charge on any atom is -0.351 e. The third-order valence-electron chi connectivity index (χ3n) is 5.58. The molecule has 3 aliphatic rings. The van der Waals surface area contributed by atoms with Crippen molar-refractivity contribution in [1.82, 2.24) is 4.90 Å². The number of hydrogen-bond donors (Lipinski definition) is 1. The van der Waals surface area contributed by atoms with Crippen molar-refractivity contribution in [3.8, 4) is 0 Å². The monoisotopic (exact) mass is 250 g/mol. The number of carbonyl (C=O) groups excluding carboxylic acids is 1. The van der Waals surface area contributed by atoms with Crippen molar-refractivity contribution in [2.45, 2.75) is 76.3 Å². The van der Waals surface area contributed by atoms with Gasteiger partial charge < -0.3 is 10.6 Å². The summed E-state index contributed by atoms with van der Waals surface area (Å²) < 4.78 is 0. The number of fused-ring (bicyclic) bond motifs is 2. The first kappa shape index (κ1) is 12.3. The molecule has 18 heavy (non-hydrogen) atoms. The molecule has 3 fully saturated rings. The predicted molar refractivity (Wildman–Crippen MR) is 72.1 cm³/mol. The van der Waals surface area contributed by atoms with E-state index in [1.165, 1.54) is 64.2 Å². The third kappa shape index (κ3) is 2.24. The number of nitrogens with two attached hydrogens (primary N) is 1. The summed E-state index contributed by atoms with van der Waals surface area (Å²) in [6, 6.07) is 0.772. The van der Waals surface area contributed by atoms with Crippen LogP contribution in [0.5, 0.6) is 0 Å². The first-order chi connectivity index (χ1) is 8.75. The van der Waals surface area contributed by atoms with Gasteiger partial charge in [0, 0.05) is 12.1 Å². The van der Waals surface area contributed by atoms with Crippen molar-refractivity contribution in [2.24, 2.45) is 17.6 Å². The van der Waals surface area contributed by atoms with Crippen LogP contribution in [0.3, 0.4) is 0 Å². The molecule has 1 aliphatic carbocycles. The van der Waals surface area contributed by atoms with Gasteiger partial charge in [-0.3, -0.25) is 0 Å². The molecule has 2 saturated heterocycles. The number of nitrogens with zero attached hydrogens (tertiary/aromatic N) is 1. The molecule has 3 heteroatoms. The zero-order valence-electron chi connectivity index (χ0n) is 11.3. The van der Waals surface area contributed by atoms with Crippen LogP contribution in [0, 0.1) is 11.8 Å². The van der Waals surface area contributed by atoms with E-state index in [-0.39, 0.29) is 6.03 Å². The molecule has 0 aromatic heterocycles. The van der Waals surface area contributed by atoms with Gasteiger partial charge >= 0.3 is 6.03 Å². The Labute approximate surface area is 110 Å². The molecular formula is C15H26N2O. The summed E-state index contributed by atoms with van der Waals surface area (Å²) in [5.74, 6) is 1.66. The van der Waals surface area contributed by atoms with Gasteiger partial charge in [0.15, 0.2) is 0 Å². The topological polar surface area (TPSA) is 46.3 Å². The molecule has 2 aliphatic heterocycles. The predicted octanol–water partition coefficient (Wildman–Crippen LogP) is 3.28. The van der Waals surface area contributed by atoms with Gasteiger partial charge in [-0.2, -0.15) is 0 Å². The highest BCUT2D eigenvalue weighted by Gasteiger charge is 2.44. The zero-order chi connectivity index (χ0) is 12.5. The number of carbonyl (C=O) groups is 1. The van der Waals surface area contributed by atoms with E-state index in [1.54, 1.807) is 0 Å². The summed E-state index contributed by atoms with van der Waals surface area (Å²) in [7, 11) is 0. The van der Waals surface area contributed by atoms with E-state index in [0.717, 1.165) is 11.8 Å². The molecule has 0 radical (unpaired) electrons. The van der Waals surface area contributed by atoms with E-state index >= 15 is 0 Å². The summed E-state index contributed by atoms with van der Waals surface area (Å²) in [6.45, 7) is 0. The second kappa shape index (κ2) is 5.10. The second-order valence-corrected chi connectivity index (χ2v) is 6.62. The van der Waals surface area contributed by atoms with Crippen LogP contribution in [-0.4, -0.2) is 23.0 Å². The second-order valence-electron chi connectivity index (χ2n) is 6.62. The van der Waals surface area contributed by atoms with Gasteiger partial charge in [-0.15, -0.1) is 0 Å². The van der Waals surface area contributed by atoms with E-state index in [4.69, 9.17) is 5.73 Å². The first-order valence-corrected chi connectivity index (χ1v) is 7.83. The summed E-state index contributed by atoms with van der Waals surface area (Å²) in [5, 5.41) is 0. The minimum atomic E-state index is -0.171. The van der Waals surface area contributed by atoms with Gasteiger partial charge in [0.1, 0.15) is 0 Å². The van der Waals surface area contributed by atoms with Crippen molar-refractivity contribution in [3.63, 3.8) is 0 Å². The largest absolute Gasteiger partial charge is 0.351 e. The van der Waals surface area contributed by atoms with Crippen LogP contribution in [-0.2, 0) is 0 Å². The lowest BCUT2D eigenvalue weighted by molar-refractivity contribution is 0.101. The van der Waals surface area contributed by atoms with E-state index in [9.17, 15) is 4.79 Å². The SMILES string of the molecule is NC(=O)N1C2CCC(CC3CCCCC3)C1CC2. The Bertz CT molecular complexity index is 312. The quantitative estimate of drug-likeness (QED) is 0.803. The molecule has 102 valence electrons. The maximum absolute atomic E-state index is 11.6. The number of piperidine rings is 1. The Kier molecular flexibility index (Phi) is 3.49. The molecule has 3 nitrogen and oxygen atoms in total. The van der Waals surface area contributed by atoms with Gasteiger partial charge in [-0.25, -0.2) is 4.79 Å². The summed E-state index contributed by atoms with van der Waals surface area (Å²) >= 11 is 0. The fourth-order valence-electron chi connectivity index (χ4n) is 4.73. The molecule has 2 N–H and O–H groups in total. The Morgan fingerprint density at radius 3 is 2.44 bits per heavy atom. The van der Waals surface area contributed by atoms with E-state index < -0.39 is 0 Å². The fraction of sp³-hybridized carbons (Fsp3) is 0.933. The Balaban J connectivity index is 1.63. The molecule has 0 aromatic rings. The zero-order valence-corrected chi connectivity index (χ0v) is 11.3. The average molecular weight is 250 g/mol. The molecule has 3 rings (SSSR count). The standard InChI is InChI=1S/C15H26N2O/c16-15(18)17-13-7-6-12(14(17)9-8-13)10-11-4-2-1-3-5-11/h11-14H,1-10H2,(H2,16,18). The lowest BCUT2D eigenvalue weighted by atomic mass is 9.77. The van der Waals surface area contributed by atoms with E-state index in [2.05, 4.69) is 0 Å². The van der Waals surface area contributed by atoms with Crippen molar-refractivity contribution in [3.05, 3.63) is 0 Å². The Hall–Kier alpha value is -0.730. The van der Waals surface area contributed by atoms with E-state index in [1.807, 2.05) is 4.90 Å². The van der Waals surface area contributed by atoms with Crippen LogP contribution in [0.15, 0.2) is 0 Å². The van der Waals surface area contributed by atoms with Crippen LogP contribution in [0.4, 0.5) is 4.79 Å². The first-order valence-electron chi connectivity index (χ1n) is 7.83. The van der Waals surface area contributed by atoms with Gasteiger partial charge in [0.2, 0.25) is 0 Å². The molecular weight excluding hydrogens is 224 g/mol. The highest BCUT2D eigenvalue weighted by atomic mass is 16.2. The van der Waals surface area contributed by atoms with Crippen molar-refractivity contribution < 1.29 is 4.79 Å². The van der Waals surface area contributed by atoms with Crippen LogP contribution in [0.2, 0.25) is 0 Å². The molecule has 1 saturated carbocycles. The number of hydrogen-bond acceptors (Lipinski definition) is 1. The van der Waals surface area contributed by atoms with Crippen LogP contribution in [0.25, 0.3) is 0 Å². The lowest BCUT2D eigenvalue weighted by Gasteiger charge is -2.40. The Morgan fingerprint density at radius 1 is 1.00 bits per heavy atom. The highest BCUT2D eigenvalue weighted by molar-refractivity contribution is 5.73. The molecule has 0 spiro atoms. The molecule has 2 bridgehead atoms. The third-order valence-corrected chi connectivity index (χ3v) is 5.58. The van der Waals surface area contributed by atoms with Crippen LogP contribution >= 0.6 is 0 Å². The summed E-state index contributed by atoms with van der Waals surface area (Å²) in [6.07, 6.45) is 13.4. The normalized spacial score (nSPS) is 36.9. The van der Waals surface area contributed by atoms with Gasteiger partial charge in [-0.05, 0) is 43.9 Å². The maximum atomic E-state index is 11.6. The number of urea groups is 1. The van der Waals surface area contributed by atoms with Crippen LogP contribution in [0.1, 0.15) is 64.2 Å². The number of amides is 2. The summed E-state index contributed by atoms with van der Waals surface area (Å²) in [4.78, 5) is 13.6. The molecule has 3 atom stereocenters. The Morgan fingerprint density at radius 2 is 1.72 bits per heavy atom. The number of rotatable bonds is 2. The average Bonchev–Trinajstić information content (AvgIpc) is 2.70. The van der Waals surface area contributed by atoms with Crippen molar-refractivity contribution in [1.29, 1.82) is 0 Å². The number of primary amides is 1. The van der Waals surface area contributed by atoms with Gasteiger partial charge in [0.25, 0.3) is 0 Å².